The molecule has 30 heavy (non-hydrogen) atoms. The fourth-order valence-corrected chi connectivity index (χ4v) is 3.67. The number of benzene rings is 1. The molecule has 1 aliphatic heterocycles. The summed E-state index contributed by atoms with van der Waals surface area (Å²) in [5.41, 5.74) is 1.92. The van der Waals surface area contributed by atoms with Gasteiger partial charge < -0.3 is 4.74 Å². The molecule has 0 aliphatic carbocycles. The average Bonchev–Trinajstić information content (AvgIpc) is 2.75. The van der Waals surface area contributed by atoms with Crippen LogP contribution in [0.15, 0.2) is 66.9 Å². The summed E-state index contributed by atoms with van der Waals surface area (Å²) in [4.78, 5) is 11.2. The highest BCUT2D eigenvalue weighted by Crippen LogP contribution is 2.33. The lowest BCUT2D eigenvalue weighted by Crippen LogP contribution is -2.38. The molecule has 1 fully saturated rings. The maximum atomic E-state index is 13.3. The van der Waals surface area contributed by atoms with Gasteiger partial charge in [-0.15, -0.1) is 0 Å². The Morgan fingerprint density at radius 1 is 0.967 bits per heavy atom. The molecular weight excluding hydrogens is 391 g/mol. The van der Waals surface area contributed by atoms with Gasteiger partial charge in [-0.05, 0) is 35.9 Å². The summed E-state index contributed by atoms with van der Waals surface area (Å²) in [6.07, 6.45) is -2.71. The first-order chi connectivity index (χ1) is 14.5. The Morgan fingerprint density at radius 3 is 2.57 bits per heavy atom. The zero-order chi connectivity index (χ0) is 21.0. The Morgan fingerprint density at radius 2 is 1.77 bits per heavy atom. The third kappa shape index (κ3) is 5.04. The van der Waals surface area contributed by atoms with Crippen molar-refractivity contribution in [2.45, 2.75) is 25.2 Å². The van der Waals surface area contributed by atoms with Crippen LogP contribution >= 0.6 is 0 Å². The molecule has 0 spiro atoms. The molecule has 0 amide bonds. The summed E-state index contributed by atoms with van der Waals surface area (Å²) in [5.74, 6) is 0. The molecule has 2 aromatic heterocycles. The fraction of sp³-hybridized carbons (Fsp3) is 0.304. The van der Waals surface area contributed by atoms with Crippen molar-refractivity contribution >= 4 is 0 Å². The molecule has 3 aromatic rings. The van der Waals surface area contributed by atoms with Crippen molar-refractivity contribution in [2.75, 3.05) is 19.7 Å². The minimum Gasteiger partial charge on any atom is -0.369 e. The van der Waals surface area contributed by atoms with E-state index >= 15 is 0 Å². The zero-order valence-electron chi connectivity index (χ0n) is 16.3. The zero-order valence-corrected chi connectivity index (χ0v) is 16.3. The first-order valence-corrected chi connectivity index (χ1v) is 9.84. The lowest BCUT2D eigenvalue weighted by molar-refractivity contribution is -0.138. The van der Waals surface area contributed by atoms with E-state index in [4.69, 9.17) is 4.74 Å². The number of nitrogens with zero attached hydrogens (tertiary/aromatic N) is 3. The summed E-state index contributed by atoms with van der Waals surface area (Å²) in [6, 6.07) is 16.9. The second-order valence-corrected chi connectivity index (χ2v) is 7.30. The second kappa shape index (κ2) is 8.93. The van der Waals surface area contributed by atoms with Crippen LogP contribution in [-0.2, 0) is 23.9 Å². The Bertz CT molecular complexity index is 979. The molecule has 1 aliphatic rings. The number of halogens is 3. The van der Waals surface area contributed by atoms with E-state index in [1.165, 1.54) is 12.1 Å². The third-order valence-corrected chi connectivity index (χ3v) is 5.11. The standard InChI is InChI=1S/C23H22F3N3O/c24-23(25,26)20-9-2-1-6-17(20)14-18-8-5-10-21(28-18)22-16-29(12-13-30-22)15-19-7-3-4-11-27-19/h1-11,22H,12-16H2/t22-/m0/s1. The van der Waals surface area contributed by atoms with Crippen LogP contribution in [0.25, 0.3) is 0 Å². The van der Waals surface area contributed by atoms with Gasteiger partial charge in [-0.3, -0.25) is 14.9 Å². The number of hydrogen-bond donors (Lipinski definition) is 0. The van der Waals surface area contributed by atoms with E-state index < -0.39 is 11.7 Å². The number of hydrogen-bond acceptors (Lipinski definition) is 4. The van der Waals surface area contributed by atoms with Gasteiger partial charge in [0.1, 0.15) is 6.10 Å². The minimum absolute atomic E-state index is 0.119. The molecule has 0 unspecified atom stereocenters. The Labute approximate surface area is 173 Å². The van der Waals surface area contributed by atoms with Gasteiger partial charge in [-0.1, -0.05) is 30.3 Å². The van der Waals surface area contributed by atoms with Crippen LogP contribution < -0.4 is 0 Å². The Hall–Kier alpha value is -2.77. The minimum atomic E-state index is -4.38. The quantitative estimate of drug-likeness (QED) is 0.610. The van der Waals surface area contributed by atoms with Gasteiger partial charge in [0.05, 0.1) is 23.6 Å². The second-order valence-electron chi connectivity index (χ2n) is 7.30. The van der Waals surface area contributed by atoms with E-state index in [1.807, 2.05) is 30.3 Å². The molecule has 7 heteroatoms. The molecule has 4 rings (SSSR count). The molecule has 156 valence electrons. The monoisotopic (exact) mass is 413 g/mol. The van der Waals surface area contributed by atoms with Crippen molar-refractivity contribution in [3.63, 3.8) is 0 Å². The molecule has 0 bridgehead atoms. The molecule has 1 aromatic carbocycles. The Balaban J connectivity index is 1.48. The smallest absolute Gasteiger partial charge is 0.369 e. The fourth-order valence-electron chi connectivity index (χ4n) is 3.67. The van der Waals surface area contributed by atoms with Crippen LogP contribution in [-0.4, -0.2) is 34.6 Å². The SMILES string of the molecule is FC(F)(F)c1ccccc1Cc1cccc([C@@H]2CN(Cc3ccccn3)CCO2)n1. The summed E-state index contributed by atoms with van der Waals surface area (Å²) < 4.78 is 45.8. The molecule has 4 nitrogen and oxygen atoms in total. The maximum absolute atomic E-state index is 13.3. The van der Waals surface area contributed by atoms with Gasteiger partial charge in [0.2, 0.25) is 0 Å². The summed E-state index contributed by atoms with van der Waals surface area (Å²) >= 11 is 0. The van der Waals surface area contributed by atoms with E-state index in [0.29, 0.717) is 18.8 Å². The van der Waals surface area contributed by atoms with E-state index in [1.54, 1.807) is 18.3 Å². The van der Waals surface area contributed by atoms with E-state index in [0.717, 1.165) is 30.5 Å². The highest BCUT2D eigenvalue weighted by molar-refractivity contribution is 5.33. The van der Waals surface area contributed by atoms with Crippen molar-refractivity contribution in [1.29, 1.82) is 0 Å². The van der Waals surface area contributed by atoms with Crippen LogP contribution in [0.3, 0.4) is 0 Å². The van der Waals surface area contributed by atoms with Crippen LogP contribution in [0.1, 0.15) is 34.3 Å². The summed E-state index contributed by atoms with van der Waals surface area (Å²) in [6.45, 7) is 2.75. The van der Waals surface area contributed by atoms with Crippen LogP contribution in [0.5, 0.6) is 0 Å². The first-order valence-electron chi connectivity index (χ1n) is 9.84. The Kier molecular flexibility index (Phi) is 6.11. The van der Waals surface area contributed by atoms with E-state index in [9.17, 15) is 13.2 Å². The molecular formula is C23H22F3N3O. The maximum Gasteiger partial charge on any atom is 0.416 e. The van der Waals surface area contributed by atoms with Crippen molar-refractivity contribution < 1.29 is 17.9 Å². The number of aromatic nitrogens is 2. The third-order valence-electron chi connectivity index (χ3n) is 5.11. The van der Waals surface area contributed by atoms with Crippen LogP contribution in [0, 0.1) is 0 Å². The predicted octanol–water partition coefficient (Wildman–Crippen LogP) is 4.66. The van der Waals surface area contributed by atoms with Gasteiger partial charge in [0, 0.05) is 37.9 Å². The van der Waals surface area contributed by atoms with Gasteiger partial charge >= 0.3 is 6.18 Å². The van der Waals surface area contributed by atoms with Crippen LogP contribution in [0.4, 0.5) is 13.2 Å². The van der Waals surface area contributed by atoms with E-state index in [-0.39, 0.29) is 18.1 Å². The number of morpholine rings is 1. The topological polar surface area (TPSA) is 38.2 Å². The predicted molar refractivity (Wildman–Crippen MR) is 107 cm³/mol. The molecule has 1 saturated heterocycles. The normalized spacial score (nSPS) is 17.8. The molecule has 0 N–H and O–H groups in total. The number of pyridine rings is 2. The highest BCUT2D eigenvalue weighted by atomic mass is 19.4. The van der Waals surface area contributed by atoms with Crippen molar-refractivity contribution in [2.24, 2.45) is 0 Å². The molecule has 3 heterocycles. The first kappa shape index (κ1) is 20.5. The number of alkyl halides is 3. The molecule has 0 saturated carbocycles. The largest absolute Gasteiger partial charge is 0.416 e. The number of ether oxygens (including phenoxy) is 1. The highest BCUT2D eigenvalue weighted by Gasteiger charge is 2.33. The lowest BCUT2D eigenvalue weighted by Gasteiger charge is -2.32. The average molecular weight is 413 g/mol. The van der Waals surface area contributed by atoms with E-state index in [2.05, 4.69) is 14.9 Å². The molecule has 1 atom stereocenters. The van der Waals surface area contributed by atoms with Crippen LogP contribution in [0.2, 0.25) is 0 Å². The summed E-state index contributed by atoms with van der Waals surface area (Å²) in [7, 11) is 0. The van der Waals surface area contributed by atoms with Gasteiger partial charge in [-0.2, -0.15) is 13.2 Å². The van der Waals surface area contributed by atoms with Crippen molar-refractivity contribution in [3.05, 3.63) is 95.1 Å². The number of rotatable bonds is 5. The van der Waals surface area contributed by atoms with Gasteiger partial charge in [-0.25, -0.2) is 0 Å². The van der Waals surface area contributed by atoms with Gasteiger partial charge in [0.25, 0.3) is 0 Å². The summed E-state index contributed by atoms with van der Waals surface area (Å²) in [5, 5.41) is 0. The van der Waals surface area contributed by atoms with Gasteiger partial charge in [0.15, 0.2) is 0 Å². The van der Waals surface area contributed by atoms with Crippen molar-refractivity contribution in [1.82, 2.24) is 14.9 Å². The lowest BCUT2D eigenvalue weighted by atomic mass is 10.0. The van der Waals surface area contributed by atoms with Crippen molar-refractivity contribution in [3.8, 4) is 0 Å². The molecule has 0 radical (unpaired) electrons.